The van der Waals surface area contributed by atoms with E-state index in [9.17, 15) is 8.78 Å². The van der Waals surface area contributed by atoms with Crippen LogP contribution in [-0.4, -0.2) is 4.98 Å². The first-order valence-corrected chi connectivity index (χ1v) is 8.65. The third-order valence-electron chi connectivity index (χ3n) is 4.44. The molecular weight excluding hydrogens is 335 g/mol. The van der Waals surface area contributed by atoms with Crippen molar-refractivity contribution >= 4 is 31.5 Å². The molecule has 0 saturated carbocycles. The molecule has 1 aromatic heterocycles. The van der Waals surface area contributed by atoms with Crippen LogP contribution in [-0.2, 0) is 12.3 Å². The number of aromatic nitrogens is 1. The second kappa shape index (κ2) is 6.65. The maximum absolute atomic E-state index is 13.4. The van der Waals surface area contributed by atoms with Crippen LogP contribution in [0.5, 0.6) is 0 Å². The Balaban J connectivity index is 2.02. The lowest BCUT2D eigenvalue weighted by Gasteiger charge is -2.14. The molecule has 1 heterocycles. The number of hydrogen-bond donors (Lipinski definition) is 0. The van der Waals surface area contributed by atoms with Crippen LogP contribution < -0.4 is 5.30 Å². The van der Waals surface area contributed by atoms with Gasteiger partial charge < -0.3 is 0 Å². The van der Waals surface area contributed by atoms with E-state index in [1.807, 2.05) is 25.1 Å². The van der Waals surface area contributed by atoms with E-state index in [-0.39, 0.29) is 5.56 Å². The predicted octanol–water partition coefficient (Wildman–Crippen LogP) is 5.39. The second-order valence-electron chi connectivity index (χ2n) is 6.33. The summed E-state index contributed by atoms with van der Waals surface area (Å²) in [5.74, 6) is -2.81. The van der Waals surface area contributed by atoms with Crippen LogP contribution in [0.1, 0.15) is 34.9 Å². The Morgan fingerprint density at radius 2 is 1.84 bits per heavy atom. The van der Waals surface area contributed by atoms with Crippen LogP contribution in [0, 0.1) is 6.92 Å². The van der Waals surface area contributed by atoms with Crippen LogP contribution >= 0.6 is 9.24 Å². The number of benzene rings is 2. The molecule has 0 radical (unpaired) electrons. The summed E-state index contributed by atoms with van der Waals surface area (Å²) < 4.78 is 26.7. The molecule has 0 aliphatic carbocycles. The van der Waals surface area contributed by atoms with Crippen molar-refractivity contribution in [2.45, 2.75) is 26.2 Å². The largest absolute Gasteiger partial charge is 0.270 e. The van der Waals surface area contributed by atoms with Crippen molar-refractivity contribution in [1.29, 1.82) is 0 Å². The zero-order valence-electron chi connectivity index (χ0n) is 14.3. The molecular formula is C21H20F2NP. The molecule has 0 amide bonds. The zero-order valence-corrected chi connectivity index (χ0v) is 15.5. The summed E-state index contributed by atoms with van der Waals surface area (Å²) in [5.41, 5.74) is 5.07. The summed E-state index contributed by atoms with van der Waals surface area (Å²) in [6.07, 6.45) is 2.47. The predicted molar refractivity (Wildman–Crippen MR) is 105 cm³/mol. The maximum Gasteiger partial charge on any atom is 0.270 e. The Morgan fingerprint density at radius 3 is 2.44 bits per heavy atom. The topological polar surface area (TPSA) is 12.9 Å². The number of hydrogen-bond acceptors (Lipinski definition) is 1. The molecule has 3 rings (SSSR count). The smallest absolute Gasteiger partial charge is 0.253 e. The van der Waals surface area contributed by atoms with E-state index in [0.717, 1.165) is 45.5 Å². The van der Waals surface area contributed by atoms with Gasteiger partial charge in [-0.3, -0.25) is 4.98 Å². The highest BCUT2D eigenvalue weighted by Crippen LogP contribution is 2.27. The molecule has 4 heteroatoms. The molecule has 128 valence electrons. The Morgan fingerprint density at radius 1 is 1.16 bits per heavy atom. The summed E-state index contributed by atoms with van der Waals surface area (Å²) in [6.45, 7) is 6.71. The van der Waals surface area contributed by atoms with Crippen molar-refractivity contribution in [2.75, 3.05) is 0 Å². The highest BCUT2D eigenvalue weighted by molar-refractivity contribution is 7.28. The summed E-state index contributed by atoms with van der Waals surface area (Å²) in [5, 5.41) is 2.16. The highest BCUT2D eigenvalue weighted by atomic mass is 31.0. The molecule has 0 aliphatic rings. The van der Waals surface area contributed by atoms with Gasteiger partial charge in [-0.25, -0.2) is 8.78 Å². The lowest BCUT2D eigenvalue weighted by Crippen LogP contribution is -2.10. The average molecular weight is 355 g/mol. The molecule has 0 saturated heterocycles. The molecule has 0 spiro atoms. The number of pyridine rings is 1. The van der Waals surface area contributed by atoms with Crippen molar-refractivity contribution < 1.29 is 8.78 Å². The van der Waals surface area contributed by atoms with E-state index in [2.05, 4.69) is 21.9 Å². The van der Waals surface area contributed by atoms with Gasteiger partial charge in [0, 0.05) is 23.6 Å². The van der Waals surface area contributed by atoms with Gasteiger partial charge in [0.2, 0.25) is 0 Å². The summed E-state index contributed by atoms with van der Waals surface area (Å²) >= 11 is 0. The molecule has 0 aliphatic heterocycles. The zero-order chi connectivity index (χ0) is 18.2. The van der Waals surface area contributed by atoms with E-state index in [1.165, 1.54) is 12.1 Å². The number of rotatable bonds is 4. The lowest BCUT2D eigenvalue weighted by molar-refractivity contribution is 0.0174. The third-order valence-corrected chi connectivity index (χ3v) is 5.10. The molecule has 1 nitrogen and oxygen atoms in total. The van der Waals surface area contributed by atoms with Gasteiger partial charge in [0.15, 0.2) is 0 Å². The first-order chi connectivity index (χ1) is 11.8. The van der Waals surface area contributed by atoms with Gasteiger partial charge in [0.25, 0.3) is 5.92 Å². The minimum atomic E-state index is -2.81. The minimum absolute atomic E-state index is 0.0336. The average Bonchev–Trinajstić information content (AvgIpc) is 2.58. The number of alkyl halides is 2. The normalized spacial score (nSPS) is 11.7. The van der Waals surface area contributed by atoms with Gasteiger partial charge in [-0.15, -0.1) is 9.24 Å². The molecule has 2 aromatic carbocycles. The summed E-state index contributed by atoms with van der Waals surface area (Å²) in [6, 6.07) is 12.6. The van der Waals surface area contributed by atoms with Crippen LogP contribution in [0.15, 0.2) is 49.0 Å². The van der Waals surface area contributed by atoms with Crippen LogP contribution in [0.3, 0.4) is 0 Å². The standard InChI is InChI=1S/C21H20F2NP/c1-4-14-7-10-19-18(11-14)20(25)17(13(2)24-19)12-15-5-8-16(9-6-15)21(3,22)23/h4-11H,1,12,25H2,2-3H3. The van der Waals surface area contributed by atoms with Crippen molar-refractivity contribution in [3.05, 3.63) is 77.0 Å². The fraction of sp³-hybridized carbons (Fsp3) is 0.190. The van der Waals surface area contributed by atoms with Gasteiger partial charge in [0.1, 0.15) is 0 Å². The Bertz CT molecular complexity index is 941. The first kappa shape index (κ1) is 17.7. The van der Waals surface area contributed by atoms with Crippen molar-refractivity contribution in [3.63, 3.8) is 0 Å². The van der Waals surface area contributed by atoms with Crippen molar-refractivity contribution in [1.82, 2.24) is 4.98 Å². The molecule has 0 N–H and O–H groups in total. The molecule has 1 atom stereocenters. The van der Waals surface area contributed by atoms with Crippen molar-refractivity contribution in [3.8, 4) is 0 Å². The number of nitrogens with zero attached hydrogens (tertiary/aromatic N) is 1. The van der Waals surface area contributed by atoms with E-state index < -0.39 is 5.92 Å². The van der Waals surface area contributed by atoms with E-state index >= 15 is 0 Å². The van der Waals surface area contributed by atoms with Crippen LogP contribution in [0.25, 0.3) is 17.0 Å². The molecule has 0 fully saturated rings. The maximum atomic E-state index is 13.4. The summed E-state index contributed by atoms with van der Waals surface area (Å²) in [7, 11) is 2.81. The molecule has 25 heavy (non-hydrogen) atoms. The number of halogens is 2. The Labute approximate surface area is 149 Å². The third kappa shape index (κ3) is 3.62. The Kier molecular flexibility index (Phi) is 4.71. The van der Waals surface area contributed by atoms with Gasteiger partial charge in [0.05, 0.1) is 5.52 Å². The molecule has 1 unspecified atom stereocenters. The fourth-order valence-corrected chi connectivity index (χ4v) is 3.48. The van der Waals surface area contributed by atoms with Crippen molar-refractivity contribution in [2.24, 2.45) is 0 Å². The lowest BCUT2D eigenvalue weighted by atomic mass is 9.99. The van der Waals surface area contributed by atoms with Crippen LogP contribution in [0.2, 0.25) is 0 Å². The van der Waals surface area contributed by atoms with E-state index in [0.29, 0.717) is 6.42 Å². The Hall–Kier alpha value is -2.12. The number of fused-ring (bicyclic) bond motifs is 1. The van der Waals surface area contributed by atoms with E-state index in [1.54, 1.807) is 12.1 Å². The second-order valence-corrected chi connectivity index (χ2v) is 6.91. The van der Waals surface area contributed by atoms with Gasteiger partial charge >= 0.3 is 0 Å². The van der Waals surface area contributed by atoms with E-state index in [4.69, 9.17) is 4.98 Å². The van der Waals surface area contributed by atoms with Gasteiger partial charge in [-0.05, 0) is 47.5 Å². The number of aryl methyl sites for hydroxylation is 1. The minimum Gasteiger partial charge on any atom is -0.253 e. The fourth-order valence-electron chi connectivity index (χ4n) is 2.94. The SMILES string of the molecule is C=Cc1ccc2nc(C)c(Cc3ccc(C(C)(F)F)cc3)c(P)c2c1. The monoisotopic (exact) mass is 355 g/mol. The molecule has 3 aromatic rings. The first-order valence-electron chi connectivity index (χ1n) is 8.08. The quantitative estimate of drug-likeness (QED) is 0.572. The summed E-state index contributed by atoms with van der Waals surface area (Å²) in [4.78, 5) is 4.70. The van der Waals surface area contributed by atoms with Gasteiger partial charge in [-0.1, -0.05) is 43.0 Å². The van der Waals surface area contributed by atoms with Gasteiger partial charge in [-0.2, -0.15) is 0 Å². The molecule has 0 bridgehead atoms. The highest BCUT2D eigenvalue weighted by Gasteiger charge is 2.23. The van der Waals surface area contributed by atoms with Crippen LogP contribution in [0.4, 0.5) is 8.78 Å².